The largest absolute Gasteiger partial charge is 0.369 e. The summed E-state index contributed by atoms with van der Waals surface area (Å²) in [6.45, 7) is 8.98. The van der Waals surface area contributed by atoms with E-state index in [0.29, 0.717) is 11.2 Å². The Morgan fingerprint density at radius 2 is 1.87 bits per heavy atom. The molecule has 1 aliphatic heterocycles. The van der Waals surface area contributed by atoms with Crippen molar-refractivity contribution in [1.29, 1.82) is 0 Å². The molecule has 0 spiro atoms. The van der Waals surface area contributed by atoms with Crippen molar-refractivity contribution in [2.24, 2.45) is 5.41 Å². The lowest BCUT2D eigenvalue weighted by Gasteiger charge is -2.35. The van der Waals surface area contributed by atoms with E-state index in [1.165, 1.54) is 24.9 Å². The van der Waals surface area contributed by atoms with E-state index in [9.17, 15) is 4.79 Å². The fourth-order valence-corrected chi connectivity index (χ4v) is 2.88. The van der Waals surface area contributed by atoms with Gasteiger partial charge in [0.05, 0.1) is 0 Å². The number of benzene rings is 1. The maximum atomic E-state index is 11.9. The quantitative estimate of drug-likeness (QED) is 0.805. The van der Waals surface area contributed by atoms with Crippen LogP contribution in [0.4, 0.5) is 11.4 Å². The molecule has 4 nitrogen and oxygen atoms in total. The summed E-state index contributed by atoms with van der Waals surface area (Å²) in [5.41, 5.74) is 1.67. The lowest BCUT2D eigenvalue weighted by atomic mass is 9.96. The maximum absolute atomic E-state index is 11.9. The Kier molecular flexibility index (Phi) is 5.63. The molecule has 1 heterocycles. The van der Waals surface area contributed by atoms with E-state index < -0.39 is 5.41 Å². The molecule has 1 aliphatic rings. The molecule has 0 radical (unpaired) electrons. The zero-order valence-electron chi connectivity index (χ0n) is 14.5. The Hall–Kier alpha value is -1.62. The van der Waals surface area contributed by atoms with E-state index in [-0.39, 0.29) is 5.91 Å². The van der Waals surface area contributed by atoms with Crippen molar-refractivity contribution < 1.29 is 4.79 Å². The molecule has 1 atom stereocenters. The molecule has 5 heteroatoms. The molecule has 1 amide bonds. The first-order chi connectivity index (χ1) is 10.8. The number of carbonyl (C=O) groups is 1. The summed E-state index contributed by atoms with van der Waals surface area (Å²) in [7, 11) is 0. The van der Waals surface area contributed by atoms with Crippen LogP contribution in [-0.4, -0.2) is 23.6 Å². The molecular formula is C18H27N3OS. The van der Waals surface area contributed by atoms with E-state index in [0.717, 1.165) is 12.2 Å². The van der Waals surface area contributed by atoms with Crippen LogP contribution in [0.1, 0.15) is 47.0 Å². The second-order valence-electron chi connectivity index (χ2n) is 7.24. The highest BCUT2D eigenvalue weighted by atomic mass is 32.1. The van der Waals surface area contributed by atoms with Crippen molar-refractivity contribution in [2.45, 2.75) is 53.0 Å². The summed E-state index contributed by atoms with van der Waals surface area (Å²) in [5, 5.41) is 6.13. The number of nitrogens with one attached hydrogen (secondary N) is 2. The molecule has 23 heavy (non-hydrogen) atoms. The predicted octanol–water partition coefficient (Wildman–Crippen LogP) is 3.92. The Morgan fingerprint density at radius 1 is 1.22 bits per heavy atom. The standard InChI is InChI=1S/C18H27N3OS/c1-13-7-5-6-12-21(13)15-10-8-14(9-11-15)19-17(23)20-16(22)18(2,3)4/h8-11,13H,5-7,12H2,1-4H3,(H2,19,20,22,23)/t13-/m1/s1. The van der Waals surface area contributed by atoms with Crippen LogP contribution in [0, 0.1) is 5.41 Å². The average Bonchev–Trinajstić information content (AvgIpc) is 2.47. The van der Waals surface area contributed by atoms with Gasteiger partial charge in [0.2, 0.25) is 5.91 Å². The molecule has 0 saturated carbocycles. The van der Waals surface area contributed by atoms with Gasteiger partial charge in [-0.3, -0.25) is 4.79 Å². The maximum Gasteiger partial charge on any atom is 0.231 e. The molecule has 1 fully saturated rings. The van der Waals surface area contributed by atoms with Crippen molar-refractivity contribution >= 4 is 34.6 Å². The molecule has 2 rings (SSSR count). The molecule has 0 bridgehead atoms. The van der Waals surface area contributed by atoms with E-state index >= 15 is 0 Å². The monoisotopic (exact) mass is 333 g/mol. The number of anilines is 2. The van der Waals surface area contributed by atoms with E-state index in [4.69, 9.17) is 12.2 Å². The highest BCUT2D eigenvalue weighted by Gasteiger charge is 2.22. The minimum absolute atomic E-state index is 0.0891. The summed E-state index contributed by atoms with van der Waals surface area (Å²) in [4.78, 5) is 14.4. The lowest BCUT2D eigenvalue weighted by Crippen LogP contribution is -2.41. The van der Waals surface area contributed by atoms with Crippen molar-refractivity contribution in [3.8, 4) is 0 Å². The second-order valence-corrected chi connectivity index (χ2v) is 7.65. The van der Waals surface area contributed by atoms with Crippen LogP contribution >= 0.6 is 12.2 Å². The molecule has 2 N–H and O–H groups in total. The Balaban J connectivity index is 1.94. The third-order valence-electron chi connectivity index (χ3n) is 4.17. The Labute approximate surface area is 144 Å². The number of hydrogen-bond donors (Lipinski definition) is 2. The highest BCUT2D eigenvalue weighted by molar-refractivity contribution is 7.80. The summed E-state index contributed by atoms with van der Waals surface area (Å²) in [6, 6.07) is 8.82. The normalized spacial score (nSPS) is 18.4. The minimum atomic E-state index is -0.458. The number of amides is 1. The van der Waals surface area contributed by atoms with Crippen LogP contribution in [-0.2, 0) is 4.79 Å². The van der Waals surface area contributed by atoms with Gasteiger partial charge in [0.1, 0.15) is 0 Å². The molecule has 0 unspecified atom stereocenters. The molecule has 0 aromatic heterocycles. The van der Waals surface area contributed by atoms with Crippen LogP contribution in [0.3, 0.4) is 0 Å². The predicted molar refractivity (Wildman–Crippen MR) is 101 cm³/mol. The van der Waals surface area contributed by atoms with Gasteiger partial charge in [-0.25, -0.2) is 0 Å². The van der Waals surface area contributed by atoms with Crippen LogP contribution in [0.2, 0.25) is 0 Å². The van der Waals surface area contributed by atoms with Crippen molar-refractivity contribution in [3.05, 3.63) is 24.3 Å². The molecular weight excluding hydrogens is 306 g/mol. The van der Waals surface area contributed by atoms with Gasteiger partial charge in [0, 0.05) is 29.4 Å². The summed E-state index contributed by atoms with van der Waals surface area (Å²) < 4.78 is 0. The SMILES string of the molecule is C[C@@H]1CCCCN1c1ccc(NC(=S)NC(=O)C(C)(C)C)cc1. The minimum Gasteiger partial charge on any atom is -0.369 e. The van der Waals surface area contributed by atoms with Gasteiger partial charge in [-0.1, -0.05) is 20.8 Å². The zero-order chi connectivity index (χ0) is 17.0. The van der Waals surface area contributed by atoms with Gasteiger partial charge in [-0.2, -0.15) is 0 Å². The molecule has 1 aromatic rings. The number of rotatable bonds is 2. The lowest BCUT2D eigenvalue weighted by molar-refractivity contribution is -0.126. The van der Waals surface area contributed by atoms with Gasteiger partial charge in [-0.05, 0) is 62.7 Å². The van der Waals surface area contributed by atoms with Crippen LogP contribution in [0.15, 0.2) is 24.3 Å². The summed E-state index contributed by atoms with van der Waals surface area (Å²) >= 11 is 5.20. The topological polar surface area (TPSA) is 44.4 Å². The van der Waals surface area contributed by atoms with Crippen molar-refractivity contribution in [2.75, 3.05) is 16.8 Å². The van der Waals surface area contributed by atoms with Crippen LogP contribution in [0.25, 0.3) is 0 Å². The molecule has 1 aromatic carbocycles. The Morgan fingerprint density at radius 3 is 2.43 bits per heavy atom. The molecule has 126 valence electrons. The highest BCUT2D eigenvalue weighted by Crippen LogP contribution is 2.25. The third kappa shape index (κ3) is 4.93. The zero-order valence-corrected chi connectivity index (χ0v) is 15.3. The molecule has 1 saturated heterocycles. The van der Waals surface area contributed by atoms with E-state index in [1.54, 1.807) is 0 Å². The number of thiocarbonyl (C=S) groups is 1. The summed E-state index contributed by atoms with van der Waals surface area (Å²) in [5.74, 6) is -0.0891. The molecule has 0 aliphatic carbocycles. The second kappa shape index (κ2) is 7.30. The summed E-state index contributed by atoms with van der Waals surface area (Å²) in [6.07, 6.45) is 3.83. The smallest absolute Gasteiger partial charge is 0.231 e. The van der Waals surface area contributed by atoms with Crippen LogP contribution in [0.5, 0.6) is 0 Å². The van der Waals surface area contributed by atoms with Crippen molar-refractivity contribution in [3.63, 3.8) is 0 Å². The van der Waals surface area contributed by atoms with Gasteiger partial charge >= 0.3 is 0 Å². The van der Waals surface area contributed by atoms with E-state index in [1.807, 2.05) is 32.9 Å². The number of hydrogen-bond acceptors (Lipinski definition) is 3. The average molecular weight is 334 g/mol. The number of piperidine rings is 1. The first-order valence-corrected chi connectivity index (χ1v) is 8.67. The van der Waals surface area contributed by atoms with Gasteiger partial charge < -0.3 is 15.5 Å². The third-order valence-corrected chi connectivity index (χ3v) is 4.37. The van der Waals surface area contributed by atoms with Crippen LogP contribution < -0.4 is 15.5 Å². The van der Waals surface area contributed by atoms with Gasteiger partial charge in [-0.15, -0.1) is 0 Å². The van der Waals surface area contributed by atoms with Gasteiger partial charge in [0.25, 0.3) is 0 Å². The number of nitrogens with zero attached hydrogens (tertiary/aromatic N) is 1. The van der Waals surface area contributed by atoms with Gasteiger partial charge in [0.15, 0.2) is 5.11 Å². The first-order valence-electron chi connectivity index (χ1n) is 8.26. The number of carbonyl (C=O) groups excluding carboxylic acids is 1. The van der Waals surface area contributed by atoms with E-state index in [2.05, 4.69) is 34.6 Å². The fraction of sp³-hybridized carbons (Fsp3) is 0.556. The fourth-order valence-electron chi connectivity index (χ4n) is 2.67. The Bertz CT molecular complexity index is 563. The first kappa shape index (κ1) is 17.7. The van der Waals surface area contributed by atoms with Crippen molar-refractivity contribution in [1.82, 2.24) is 5.32 Å².